The van der Waals surface area contributed by atoms with Gasteiger partial charge < -0.3 is 19.2 Å². The standard InChI is InChI=1S/C12H15NO5/c1-7-5-8(2)18-10(7)11(14)13-3-4-17-9(6-13)12(15)16/h5,9H,3-4,6H2,1-2H3,(H,15,16)/t9-/m0/s1. The summed E-state index contributed by atoms with van der Waals surface area (Å²) in [5, 5.41) is 8.88. The molecule has 0 aromatic carbocycles. The van der Waals surface area contributed by atoms with Gasteiger partial charge in [0.15, 0.2) is 11.9 Å². The maximum Gasteiger partial charge on any atom is 0.334 e. The van der Waals surface area contributed by atoms with Gasteiger partial charge in [-0.15, -0.1) is 0 Å². The van der Waals surface area contributed by atoms with Gasteiger partial charge >= 0.3 is 5.97 Å². The third-order valence-corrected chi connectivity index (χ3v) is 2.86. The van der Waals surface area contributed by atoms with Crippen molar-refractivity contribution in [1.82, 2.24) is 4.90 Å². The van der Waals surface area contributed by atoms with E-state index in [1.165, 1.54) is 4.90 Å². The number of furan rings is 1. The number of carbonyl (C=O) groups excluding carboxylic acids is 1. The molecule has 1 aromatic rings. The Labute approximate surface area is 104 Å². The summed E-state index contributed by atoms with van der Waals surface area (Å²) in [5.41, 5.74) is 0.760. The van der Waals surface area contributed by atoms with Crippen molar-refractivity contribution in [3.63, 3.8) is 0 Å². The Hall–Kier alpha value is -1.82. The first-order valence-corrected chi connectivity index (χ1v) is 5.69. The Morgan fingerprint density at radius 2 is 2.17 bits per heavy atom. The highest BCUT2D eigenvalue weighted by Crippen LogP contribution is 2.17. The van der Waals surface area contributed by atoms with Gasteiger partial charge in [-0.2, -0.15) is 0 Å². The Balaban J connectivity index is 2.14. The van der Waals surface area contributed by atoms with Crippen LogP contribution < -0.4 is 0 Å². The minimum Gasteiger partial charge on any atom is -0.479 e. The molecule has 1 aliphatic heterocycles. The maximum absolute atomic E-state index is 12.2. The van der Waals surface area contributed by atoms with E-state index >= 15 is 0 Å². The van der Waals surface area contributed by atoms with E-state index in [1.54, 1.807) is 19.9 Å². The van der Waals surface area contributed by atoms with Crippen LogP contribution in [0.25, 0.3) is 0 Å². The van der Waals surface area contributed by atoms with E-state index < -0.39 is 12.1 Å². The van der Waals surface area contributed by atoms with Gasteiger partial charge in [-0.3, -0.25) is 4.79 Å². The molecule has 6 heteroatoms. The number of rotatable bonds is 2. The molecule has 1 aromatic heterocycles. The van der Waals surface area contributed by atoms with Crippen LogP contribution in [0, 0.1) is 13.8 Å². The van der Waals surface area contributed by atoms with Crippen LogP contribution in [0.5, 0.6) is 0 Å². The van der Waals surface area contributed by atoms with Crippen LogP contribution in [0.1, 0.15) is 21.9 Å². The summed E-state index contributed by atoms with van der Waals surface area (Å²) < 4.78 is 10.4. The summed E-state index contributed by atoms with van der Waals surface area (Å²) in [7, 11) is 0. The number of morpholine rings is 1. The lowest BCUT2D eigenvalue weighted by Gasteiger charge is -2.30. The molecule has 0 aliphatic carbocycles. The number of carboxylic acid groups (broad SMARTS) is 1. The average Bonchev–Trinajstić information content (AvgIpc) is 2.67. The molecule has 1 fully saturated rings. The van der Waals surface area contributed by atoms with Crippen molar-refractivity contribution in [2.45, 2.75) is 20.0 Å². The van der Waals surface area contributed by atoms with E-state index in [2.05, 4.69) is 0 Å². The first-order valence-electron chi connectivity index (χ1n) is 5.69. The molecule has 1 amide bonds. The molecule has 6 nitrogen and oxygen atoms in total. The molecule has 0 bridgehead atoms. The van der Waals surface area contributed by atoms with Gasteiger partial charge in [0.25, 0.3) is 5.91 Å². The van der Waals surface area contributed by atoms with Crippen molar-refractivity contribution in [1.29, 1.82) is 0 Å². The molecule has 18 heavy (non-hydrogen) atoms. The molecule has 2 rings (SSSR count). The second-order valence-corrected chi connectivity index (χ2v) is 4.32. The van der Waals surface area contributed by atoms with Gasteiger partial charge in [-0.05, 0) is 19.9 Å². The predicted molar refractivity (Wildman–Crippen MR) is 61.5 cm³/mol. The molecule has 0 spiro atoms. The lowest BCUT2D eigenvalue weighted by atomic mass is 10.2. The summed E-state index contributed by atoms with van der Waals surface area (Å²) >= 11 is 0. The summed E-state index contributed by atoms with van der Waals surface area (Å²) in [6.45, 7) is 4.21. The minimum atomic E-state index is -1.06. The molecule has 1 N–H and O–H groups in total. The van der Waals surface area contributed by atoms with Crippen LogP contribution in [0.4, 0.5) is 0 Å². The van der Waals surface area contributed by atoms with Gasteiger partial charge in [-0.25, -0.2) is 4.79 Å². The highest BCUT2D eigenvalue weighted by atomic mass is 16.5. The van der Waals surface area contributed by atoms with Gasteiger partial charge in [0.2, 0.25) is 0 Å². The molecule has 98 valence electrons. The third kappa shape index (κ3) is 2.38. The Morgan fingerprint density at radius 3 is 2.72 bits per heavy atom. The molecule has 0 unspecified atom stereocenters. The zero-order chi connectivity index (χ0) is 13.3. The second-order valence-electron chi connectivity index (χ2n) is 4.32. The molecule has 1 saturated heterocycles. The second kappa shape index (κ2) is 4.81. The highest BCUT2D eigenvalue weighted by Gasteiger charge is 2.31. The van der Waals surface area contributed by atoms with Gasteiger partial charge in [-0.1, -0.05) is 0 Å². The summed E-state index contributed by atoms with van der Waals surface area (Å²) in [5.74, 6) is -0.396. The SMILES string of the molecule is Cc1cc(C)c(C(=O)N2CCO[C@H](C(=O)O)C2)o1. The van der Waals surface area contributed by atoms with Crippen LogP contribution in [0.3, 0.4) is 0 Å². The zero-order valence-corrected chi connectivity index (χ0v) is 10.3. The molecular formula is C12H15NO5. The summed E-state index contributed by atoms with van der Waals surface area (Å²) in [6.07, 6.45) is -0.959. The van der Waals surface area contributed by atoms with E-state index in [9.17, 15) is 9.59 Å². The first kappa shape index (κ1) is 12.6. The quantitative estimate of drug-likeness (QED) is 0.844. The largest absolute Gasteiger partial charge is 0.479 e. The van der Waals surface area contributed by atoms with Crippen molar-refractivity contribution in [3.8, 4) is 0 Å². The number of carboxylic acids is 1. The molecule has 1 atom stereocenters. The molecule has 0 saturated carbocycles. The zero-order valence-electron chi connectivity index (χ0n) is 10.3. The van der Waals surface area contributed by atoms with Crippen molar-refractivity contribution < 1.29 is 23.8 Å². The normalized spacial score (nSPS) is 19.9. The third-order valence-electron chi connectivity index (χ3n) is 2.86. The van der Waals surface area contributed by atoms with Crippen molar-refractivity contribution in [2.24, 2.45) is 0 Å². The van der Waals surface area contributed by atoms with Crippen LogP contribution in [-0.2, 0) is 9.53 Å². The Kier molecular flexibility index (Phi) is 3.38. The van der Waals surface area contributed by atoms with E-state index in [0.717, 1.165) is 5.56 Å². The summed E-state index contributed by atoms with van der Waals surface area (Å²) in [6, 6.07) is 1.78. The minimum absolute atomic E-state index is 0.0490. The lowest BCUT2D eigenvalue weighted by molar-refractivity contribution is -0.154. The monoisotopic (exact) mass is 253 g/mol. The van der Waals surface area contributed by atoms with E-state index in [1.807, 2.05) is 0 Å². The number of carbonyl (C=O) groups is 2. The van der Waals surface area contributed by atoms with E-state index in [-0.39, 0.29) is 24.8 Å². The van der Waals surface area contributed by atoms with E-state index in [0.29, 0.717) is 12.3 Å². The number of hydrogen-bond donors (Lipinski definition) is 1. The average molecular weight is 253 g/mol. The number of ether oxygens (including phenoxy) is 1. The predicted octanol–water partition coefficient (Wildman–Crippen LogP) is 0.822. The number of hydrogen-bond acceptors (Lipinski definition) is 4. The van der Waals surface area contributed by atoms with Gasteiger partial charge in [0, 0.05) is 12.1 Å². The van der Waals surface area contributed by atoms with Crippen LogP contribution in [0.15, 0.2) is 10.5 Å². The van der Waals surface area contributed by atoms with E-state index in [4.69, 9.17) is 14.3 Å². The number of nitrogens with zero attached hydrogens (tertiary/aromatic N) is 1. The van der Waals surface area contributed by atoms with Crippen molar-refractivity contribution in [2.75, 3.05) is 19.7 Å². The fraction of sp³-hybridized carbons (Fsp3) is 0.500. The van der Waals surface area contributed by atoms with Crippen molar-refractivity contribution >= 4 is 11.9 Å². The van der Waals surface area contributed by atoms with Crippen LogP contribution >= 0.6 is 0 Å². The fourth-order valence-electron chi connectivity index (χ4n) is 1.98. The number of amides is 1. The van der Waals surface area contributed by atoms with Crippen molar-refractivity contribution in [3.05, 3.63) is 23.2 Å². The highest BCUT2D eigenvalue weighted by molar-refractivity contribution is 5.93. The van der Waals surface area contributed by atoms with Crippen LogP contribution in [-0.4, -0.2) is 47.7 Å². The Morgan fingerprint density at radius 1 is 1.44 bits per heavy atom. The fourth-order valence-corrected chi connectivity index (χ4v) is 1.98. The number of aryl methyl sites for hydroxylation is 2. The van der Waals surface area contributed by atoms with Crippen LogP contribution in [0.2, 0.25) is 0 Å². The lowest BCUT2D eigenvalue weighted by Crippen LogP contribution is -2.48. The first-order chi connectivity index (χ1) is 8.49. The summed E-state index contributed by atoms with van der Waals surface area (Å²) in [4.78, 5) is 24.5. The topological polar surface area (TPSA) is 80.0 Å². The molecule has 0 radical (unpaired) electrons. The molecule has 2 heterocycles. The number of aliphatic carboxylic acids is 1. The van der Waals surface area contributed by atoms with Gasteiger partial charge in [0.05, 0.1) is 13.2 Å². The van der Waals surface area contributed by atoms with Gasteiger partial charge in [0.1, 0.15) is 5.76 Å². The molecule has 1 aliphatic rings. The Bertz CT molecular complexity index is 479. The maximum atomic E-state index is 12.2. The smallest absolute Gasteiger partial charge is 0.334 e. The molecular weight excluding hydrogens is 238 g/mol.